The molecule has 0 aromatic heterocycles. The van der Waals surface area contributed by atoms with Crippen molar-refractivity contribution >= 4 is 11.6 Å². The maximum atomic E-state index is 13.5. The summed E-state index contributed by atoms with van der Waals surface area (Å²) in [6.07, 6.45) is 0. The van der Waals surface area contributed by atoms with E-state index in [0.29, 0.717) is 6.54 Å². The minimum absolute atomic E-state index is 0. The summed E-state index contributed by atoms with van der Waals surface area (Å²) in [5, 5.41) is 0. The first-order valence-corrected chi connectivity index (χ1v) is 5.23. The standard InChI is InChI=1S/C12H15F2NO.Ti/c1-4-15(12(16)8(2)3)11-6-5-9(13)7-10(11)14;/h5-8H,4H2,1-3H3;. The van der Waals surface area contributed by atoms with E-state index < -0.39 is 11.6 Å². The summed E-state index contributed by atoms with van der Waals surface area (Å²) in [5.41, 5.74) is 0.127. The first-order chi connectivity index (χ1) is 7.47. The minimum Gasteiger partial charge on any atom is -0.310 e. The molecule has 0 aliphatic heterocycles. The largest absolute Gasteiger partial charge is 0.310 e. The van der Waals surface area contributed by atoms with E-state index in [0.717, 1.165) is 12.1 Å². The predicted octanol–water partition coefficient (Wildman–Crippen LogP) is 2.97. The van der Waals surface area contributed by atoms with Crippen molar-refractivity contribution in [1.29, 1.82) is 0 Å². The molecule has 0 N–H and O–H groups in total. The summed E-state index contributed by atoms with van der Waals surface area (Å²) in [6, 6.07) is 3.22. The summed E-state index contributed by atoms with van der Waals surface area (Å²) < 4.78 is 26.2. The van der Waals surface area contributed by atoms with E-state index in [1.807, 2.05) is 0 Å². The zero-order chi connectivity index (χ0) is 12.3. The van der Waals surface area contributed by atoms with E-state index in [1.165, 1.54) is 11.0 Å². The van der Waals surface area contributed by atoms with Crippen molar-refractivity contribution in [1.82, 2.24) is 0 Å². The number of rotatable bonds is 3. The van der Waals surface area contributed by atoms with E-state index >= 15 is 0 Å². The van der Waals surface area contributed by atoms with Crippen LogP contribution in [-0.4, -0.2) is 12.5 Å². The fraction of sp³-hybridized carbons (Fsp3) is 0.417. The Morgan fingerprint density at radius 2 is 1.94 bits per heavy atom. The van der Waals surface area contributed by atoms with E-state index in [4.69, 9.17) is 0 Å². The van der Waals surface area contributed by atoms with E-state index in [-0.39, 0.29) is 39.2 Å². The van der Waals surface area contributed by atoms with Crippen LogP contribution in [0.15, 0.2) is 18.2 Å². The monoisotopic (exact) mass is 275 g/mol. The molecule has 0 spiro atoms. The molecule has 2 nitrogen and oxygen atoms in total. The molecule has 0 atom stereocenters. The van der Waals surface area contributed by atoms with Crippen LogP contribution in [0.1, 0.15) is 20.8 Å². The van der Waals surface area contributed by atoms with Gasteiger partial charge in [0.15, 0.2) is 0 Å². The molecule has 1 rings (SSSR count). The maximum Gasteiger partial charge on any atom is 0.229 e. The summed E-state index contributed by atoms with van der Waals surface area (Å²) in [6.45, 7) is 5.60. The number of hydrogen-bond acceptors (Lipinski definition) is 1. The van der Waals surface area contributed by atoms with Gasteiger partial charge in [-0.3, -0.25) is 4.79 Å². The minimum atomic E-state index is -0.712. The Labute approximate surface area is 115 Å². The zero-order valence-corrected chi connectivity index (χ0v) is 11.7. The second kappa shape index (κ2) is 6.87. The third-order valence-electron chi connectivity index (χ3n) is 2.28. The Hall–Kier alpha value is -0.736. The Balaban J connectivity index is 0.00000256. The van der Waals surface area contributed by atoms with Crippen LogP contribution in [0, 0.1) is 17.6 Å². The molecular weight excluding hydrogens is 260 g/mol. The topological polar surface area (TPSA) is 20.3 Å². The van der Waals surface area contributed by atoms with Crippen LogP contribution in [0.2, 0.25) is 0 Å². The van der Waals surface area contributed by atoms with Crippen molar-refractivity contribution in [2.24, 2.45) is 5.92 Å². The Morgan fingerprint density at radius 3 is 2.35 bits per heavy atom. The van der Waals surface area contributed by atoms with Gasteiger partial charge in [-0.05, 0) is 19.1 Å². The molecule has 0 fully saturated rings. The molecular formula is C12H15F2NOTi. The van der Waals surface area contributed by atoms with Gasteiger partial charge in [0.05, 0.1) is 5.69 Å². The second-order valence-corrected chi connectivity index (χ2v) is 3.83. The fourth-order valence-corrected chi connectivity index (χ4v) is 1.46. The molecule has 5 heteroatoms. The molecule has 0 aliphatic rings. The van der Waals surface area contributed by atoms with Gasteiger partial charge in [-0.15, -0.1) is 0 Å². The van der Waals surface area contributed by atoms with Crippen molar-refractivity contribution in [2.75, 3.05) is 11.4 Å². The first kappa shape index (κ1) is 16.3. The molecule has 0 aliphatic carbocycles. The third kappa shape index (κ3) is 3.89. The molecule has 1 amide bonds. The van der Waals surface area contributed by atoms with Crippen LogP contribution in [0.25, 0.3) is 0 Å². The molecule has 0 radical (unpaired) electrons. The van der Waals surface area contributed by atoms with Crippen molar-refractivity contribution in [3.63, 3.8) is 0 Å². The van der Waals surface area contributed by atoms with Gasteiger partial charge < -0.3 is 4.90 Å². The third-order valence-corrected chi connectivity index (χ3v) is 2.28. The number of amides is 1. The molecule has 0 saturated heterocycles. The normalized spacial score (nSPS) is 10.0. The number of nitrogens with zero attached hydrogens (tertiary/aromatic N) is 1. The van der Waals surface area contributed by atoms with Crippen molar-refractivity contribution in [2.45, 2.75) is 20.8 Å². The van der Waals surface area contributed by atoms with Crippen molar-refractivity contribution in [3.8, 4) is 0 Å². The number of hydrogen-bond donors (Lipinski definition) is 0. The molecule has 0 saturated carbocycles. The van der Waals surface area contributed by atoms with E-state index in [2.05, 4.69) is 0 Å². The molecule has 0 unspecified atom stereocenters. The molecule has 0 heterocycles. The maximum absolute atomic E-state index is 13.5. The first-order valence-electron chi connectivity index (χ1n) is 5.23. The van der Waals surface area contributed by atoms with E-state index in [9.17, 15) is 13.6 Å². The smallest absolute Gasteiger partial charge is 0.229 e. The van der Waals surface area contributed by atoms with Gasteiger partial charge in [0.25, 0.3) is 0 Å². The van der Waals surface area contributed by atoms with Gasteiger partial charge in [-0.1, -0.05) is 13.8 Å². The molecule has 17 heavy (non-hydrogen) atoms. The van der Waals surface area contributed by atoms with Crippen LogP contribution in [-0.2, 0) is 26.5 Å². The average Bonchev–Trinajstić information content (AvgIpc) is 2.21. The summed E-state index contributed by atoms with van der Waals surface area (Å²) in [4.78, 5) is 13.1. The van der Waals surface area contributed by atoms with Crippen LogP contribution in [0.5, 0.6) is 0 Å². The molecule has 1 aromatic carbocycles. The quantitative estimate of drug-likeness (QED) is 0.776. The van der Waals surface area contributed by atoms with E-state index in [1.54, 1.807) is 20.8 Å². The molecule has 92 valence electrons. The predicted molar refractivity (Wildman–Crippen MR) is 59.2 cm³/mol. The number of halogens is 2. The van der Waals surface area contributed by atoms with Gasteiger partial charge in [0.2, 0.25) is 5.91 Å². The van der Waals surface area contributed by atoms with Gasteiger partial charge in [-0.25, -0.2) is 8.78 Å². The number of carbonyl (C=O) groups is 1. The van der Waals surface area contributed by atoms with Crippen LogP contribution in [0.4, 0.5) is 14.5 Å². The SMILES string of the molecule is CCN(C(=O)C(C)C)c1ccc(F)cc1F.[Ti]. The number of anilines is 1. The summed E-state index contributed by atoms with van der Waals surface area (Å²) in [7, 11) is 0. The van der Waals surface area contributed by atoms with Crippen LogP contribution >= 0.6 is 0 Å². The number of carbonyl (C=O) groups excluding carboxylic acids is 1. The Morgan fingerprint density at radius 1 is 1.35 bits per heavy atom. The zero-order valence-electron chi connectivity index (χ0n) is 10.1. The summed E-state index contributed by atoms with van der Waals surface area (Å²) >= 11 is 0. The fourth-order valence-electron chi connectivity index (χ4n) is 1.46. The average molecular weight is 275 g/mol. The van der Waals surface area contributed by atoms with Crippen LogP contribution in [0.3, 0.4) is 0 Å². The summed E-state index contributed by atoms with van der Waals surface area (Å²) in [5.74, 6) is -1.75. The second-order valence-electron chi connectivity index (χ2n) is 3.83. The van der Waals surface area contributed by atoms with Crippen molar-refractivity contribution in [3.05, 3.63) is 29.8 Å². The van der Waals surface area contributed by atoms with Gasteiger partial charge in [0.1, 0.15) is 11.6 Å². The Bertz CT molecular complexity index is 396. The van der Waals surface area contributed by atoms with Gasteiger partial charge >= 0.3 is 0 Å². The molecule has 1 aromatic rings. The van der Waals surface area contributed by atoms with Gasteiger partial charge in [-0.2, -0.15) is 0 Å². The van der Waals surface area contributed by atoms with Crippen molar-refractivity contribution < 1.29 is 35.3 Å². The van der Waals surface area contributed by atoms with Crippen LogP contribution < -0.4 is 4.90 Å². The Kier molecular flexibility index (Phi) is 6.57. The molecule has 0 bridgehead atoms. The number of benzene rings is 1. The van der Waals surface area contributed by atoms with Gasteiger partial charge in [0, 0.05) is 40.2 Å².